The zero-order valence-corrected chi connectivity index (χ0v) is 10.9. The van der Waals surface area contributed by atoms with Gasteiger partial charge in [-0.2, -0.15) is 0 Å². The van der Waals surface area contributed by atoms with Crippen LogP contribution in [0.3, 0.4) is 0 Å². The molecule has 0 aliphatic carbocycles. The van der Waals surface area contributed by atoms with E-state index in [1.165, 1.54) is 0 Å². The predicted octanol–water partition coefficient (Wildman–Crippen LogP) is 2.33. The van der Waals surface area contributed by atoms with Crippen LogP contribution in [-0.4, -0.2) is 25.4 Å². The van der Waals surface area contributed by atoms with Gasteiger partial charge < -0.3 is 9.51 Å². The maximum absolute atomic E-state index is 11.1. The first-order valence-electron chi connectivity index (χ1n) is 6.25. The molecule has 0 saturated carbocycles. The van der Waals surface area contributed by atoms with E-state index in [0.717, 1.165) is 16.8 Å². The van der Waals surface area contributed by atoms with Crippen molar-refractivity contribution in [3.8, 4) is 11.3 Å². The van der Waals surface area contributed by atoms with Gasteiger partial charge in [0.1, 0.15) is 5.65 Å². The molecular formula is C15H13N3O2. The van der Waals surface area contributed by atoms with E-state index < -0.39 is 5.97 Å². The van der Waals surface area contributed by atoms with Crippen LogP contribution < -0.4 is 0 Å². The molecule has 0 atom stereocenters. The number of aryl methyl sites for hydroxylation is 1. The van der Waals surface area contributed by atoms with E-state index in [-0.39, 0.29) is 6.42 Å². The zero-order chi connectivity index (χ0) is 14.1. The van der Waals surface area contributed by atoms with Crippen LogP contribution in [0.25, 0.3) is 16.9 Å². The highest BCUT2D eigenvalue weighted by atomic mass is 16.4. The topological polar surface area (TPSA) is 67.5 Å². The number of aliphatic carboxylic acids is 1. The molecule has 0 aromatic carbocycles. The molecule has 0 saturated heterocycles. The standard InChI is InChI=1S/C15H13N3O2/c1-10-4-6-18-12(8-14(19)20)15(17-13(18)7-10)11-3-2-5-16-9-11/h2-7,9H,8H2,1H3,(H,19,20). The molecule has 3 heterocycles. The number of carboxylic acid groups (broad SMARTS) is 1. The third kappa shape index (κ3) is 2.14. The van der Waals surface area contributed by atoms with E-state index in [4.69, 9.17) is 5.11 Å². The lowest BCUT2D eigenvalue weighted by Gasteiger charge is -2.02. The number of imidazole rings is 1. The second-order valence-electron chi connectivity index (χ2n) is 4.65. The van der Waals surface area contributed by atoms with Crippen LogP contribution in [-0.2, 0) is 11.2 Å². The van der Waals surface area contributed by atoms with Gasteiger partial charge in [0, 0.05) is 24.2 Å². The van der Waals surface area contributed by atoms with Gasteiger partial charge in [-0.3, -0.25) is 9.78 Å². The minimum atomic E-state index is -0.877. The van der Waals surface area contributed by atoms with E-state index in [1.54, 1.807) is 12.4 Å². The number of aromatic nitrogens is 3. The Hall–Kier alpha value is -2.69. The molecule has 3 rings (SSSR count). The molecule has 0 fully saturated rings. The number of rotatable bonds is 3. The number of carbonyl (C=O) groups is 1. The van der Waals surface area contributed by atoms with Crippen molar-refractivity contribution >= 4 is 11.6 Å². The molecule has 0 radical (unpaired) electrons. The number of nitrogens with zero attached hydrogens (tertiary/aromatic N) is 3. The summed E-state index contributed by atoms with van der Waals surface area (Å²) in [6.45, 7) is 1.98. The first-order chi connectivity index (χ1) is 9.65. The van der Waals surface area contributed by atoms with Crippen molar-refractivity contribution in [1.82, 2.24) is 14.4 Å². The molecule has 0 aliphatic rings. The summed E-state index contributed by atoms with van der Waals surface area (Å²) in [5.41, 5.74) is 4.00. The monoisotopic (exact) mass is 267 g/mol. The molecule has 3 aromatic rings. The van der Waals surface area contributed by atoms with Crippen molar-refractivity contribution in [1.29, 1.82) is 0 Å². The van der Waals surface area contributed by atoms with Crippen molar-refractivity contribution in [3.63, 3.8) is 0 Å². The minimum Gasteiger partial charge on any atom is -0.481 e. The summed E-state index contributed by atoms with van der Waals surface area (Å²) < 4.78 is 1.82. The Kier molecular flexibility index (Phi) is 2.95. The van der Waals surface area contributed by atoms with Gasteiger partial charge in [0.05, 0.1) is 17.8 Å². The number of hydrogen-bond acceptors (Lipinski definition) is 3. The third-order valence-corrected chi connectivity index (χ3v) is 3.13. The third-order valence-electron chi connectivity index (χ3n) is 3.13. The van der Waals surface area contributed by atoms with Crippen molar-refractivity contribution < 1.29 is 9.90 Å². The predicted molar refractivity (Wildman–Crippen MR) is 74.5 cm³/mol. The van der Waals surface area contributed by atoms with Crippen molar-refractivity contribution in [2.45, 2.75) is 13.3 Å². The second kappa shape index (κ2) is 4.77. The molecular weight excluding hydrogens is 254 g/mol. The normalized spacial score (nSPS) is 10.8. The molecule has 5 nitrogen and oxygen atoms in total. The average molecular weight is 267 g/mol. The Labute approximate surface area is 115 Å². The lowest BCUT2D eigenvalue weighted by Crippen LogP contribution is -2.04. The smallest absolute Gasteiger partial charge is 0.309 e. The largest absolute Gasteiger partial charge is 0.481 e. The van der Waals surface area contributed by atoms with Crippen LogP contribution in [0.4, 0.5) is 0 Å². The summed E-state index contributed by atoms with van der Waals surface area (Å²) in [5, 5.41) is 9.11. The molecule has 0 bridgehead atoms. The van der Waals surface area contributed by atoms with Crippen LogP contribution in [0.1, 0.15) is 11.3 Å². The molecule has 100 valence electrons. The minimum absolute atomic E-state index is 0.0749. The second-order valence-corrected chi connectivity index (χ2v) is 4.65. The van der Waals surface area contributed by atoms with Crippen LogP contribution in [0.2, 0.25) is 0 Å². The van der Waals surface area contributed by atoms with Crippen LogP contribution >= 0.6 is 0 Å². The molecule has 0 spiro atoms. The number of fused-ring (bicyclic) bond motifs is 1. The van der Waals surface area contributed by atoms with E-state index >= 15 is 0 Å². The summed E-state index contributed by atoms with van der Waals surface area (Å²) in [4.78, 5) is 19.7. The summed E-state index contributed by atoms with van der Waals surface area (Å²) in [6.07, 6.45) is 5.16. The molecule has 1 N–H and O–H groups in total. The van der Waals surface area contributed by atoms with Crippen LogP contribution in [0.5, 0.6) is 0 Å². The van der Waals surface area contributed by atoms with E-state index in [2.05, 4.69) is 9.97 Å². The van der Waals surface area contributed by atoms with Crippen molar-refractivity contribution in [2.75, 3.05) is 0 Å². The quantitative estimate of drug-likeness (QED) is 0.790. The highest BCUT2D eigenvalue weighted by Gasteiger charge is 2.16. The van der Waals surface area contributed by atoms with Gasteiger partial charge in [0.25, 0.3) is 0 Å². The fraction of sp³-hybridized carbons (Fsp3) is 0.133. The van der Waals surface area contributed by atoms with Gasteiger partial charge in [0.15, 0.2) is 0 Å². The van der Waals surface area contributed by atoms with Gasteiger partial charge in [-0.15, -0.1) is 0 Å². The summed E-state index contributed by atoms with van der Waals surface area (Å²) in [5.74, 6) is -0.877. The summed E-state index contributed by atoms with van der Waals surface area (Å²) >= 11 is 0. The molecule has 20 heavy (non-hydrogen) atoms. The Morgan fingerprint density at radius 3 is 2.95 bits per heavy atom. The van der Waals surface area contributed by atoms with Crippen molar-refractivity contribution in [2.24, 2.45) is 0 Å². The van der Waals surface area contributed by atoms with E-state index in [9.17, 15) is 4.79 Å². The molecule has 5 heteroatoms. The fourth-order valence-corrected chi connectivity index (χ4v) is 2.24. The number of pyridine rings is 2. The van der Waals surface area contributed by atoms with Gasteiger partial charge in [-0.05, 0) is 36.8 Å². The Morgan fingerprint density at radius 2 is 2.25 bits per heavy atom. The average Bonchev–Trinajstić information content (AvgIpc) is 2.77. The summed E-state index contributed by atoms with van der Waals surface area (Å²) in [7, 11) is 0. The Balaban J connectivity index is 2.27. The van der Waals surface area contributed by atoms with Gasteiger partial charge >= 0.3 is 5.97 Å². The van der Waals surface area contributed by atoms with E-state index in [1.807, 2.05) is 41.8 Å². The molecule has 0 amide bonds. The maximum atomic E-state index is 11.1. The number of carboxylic acids is 1. The van der Waals surface area contributed by atoms with Gasteiger partial charge in [-0.1, -0.05) is 0 Å². The molecule has 0 aliphatic heterocycles. The first-order valence-corrected chi connectivity index (χ1v) is 6.25. The lowest BCUT2D eigenvalue weighted by molar-refractivity contribution is -0.136. The zero-order valence-electron chi connectivity index (χ0n) is 10.9. The Bertz CT molecular complexity index is 778. The van der Waals surface area contributed by atoms with Crippen LogP contribution in [0.15, 0.2) is 42.9 Å². The van der Waals surface area contributed by atoms with Gasteiger partial charge in [-0.25, -0.2) is 4.98 Å². The SMILES string of the molecule is Cc1ccn2c(CC(=O)O)c(-c3cccnc3)nc2c1. The maximum Gasteiger partial charge on any atom is 0.309 e. The van der Waals surface area contributed by atoms with E-state index in [0.29, 0.717) is 11.4 Å². The van der Waals surface area contributed by atoms with Crippen LogP contribution in [0, 0.1) is 6.92 Å². The fourth-order valence-electron chi connectivity index (χ4n) is 2.24. The molecule has 0 unspecified atom stereocenters. The van der Waals surface area contributed by atoms with Gasteiger partial charge in [0.2, 0.25) is 0 Å². The lowest BCUT2D eigenvalue weighted by atomic mass is 10.1. The highest BCUT2D eigenvalue weighted by Crippen LogP contribution is 2.24. The summed E-state index contributed by atoms with van der Waals surface area (Å²) in [6, 6.07) is 7.57. The molecule has 3 aromatic heterocycles. The Morgan fingerprint density at radius 1 is 1.40 bits per heavy atom. The highest BCUT2D eigenvalue weighted by molar-refractivity contribution is 5.75. The number of hydrogen-bond donors (Lipinski definition) is 1. The van der Waals surface area contributed by atoms with Crippen molar-refractivity contribution in [3.05, 3.63) is 54.1 Å². The first kappa shape index (κ1) is 12.3.